The number of hydrogen-bond donors (Lipinski definition) is 1. The number of halogens is 2. The standard InChI is InChI=1S/C28H23Cl2NO6S/c1-2-35-28(34)25-19-5-3-4-6-23(19)38-27(25)31-24(32)14-36-16-8-10-18-22(12-16)37-13-20(26(18)33)17-9-7-15(29)11-21(17)30/h7-13H,2-6,14H2,1H3,(H,31,32). The van der Waals surface area contributed by atoms with E-state index >= 15 is 0 Å². The maximum atomic E-state index is 13.1. The zero-order valence-corrected chi connectivity index (χ0v) is 22.7. The van der Waals surface area contributed by atoms with Crippen molar-refractivity contribution in [1.82, 2.24) is 0 Å². The Hall–Kier alpha value is -3.33. The molecule has 0 atom stereocenters. The van der Waals surface area contributed by atoms with Gasteiger partial charge < -0.3 is 19.2 Å². The van der Waals surface area contributed by atoms with Crippen molar-refractivity contribution in [2.24, 2.45) is 0 Å². The summed E-state index contributed by atoms with van der Waals surface area (Å²) in [4.78, 5) is 39.5. The fourth-order valence-corrected chi connectivity index (χ4v) is 6.28. The van der Waals surface area contributed by atoms with Gasteiger partial charge in [-0.3, -0.25) is 9.59 Å². The Morgan fingerprint density at radius 1 is 1.08 bits per heavy atom. The van der Waals surface area contributed by atoms with Gasteiger partial charge in [-0.25, -0.2) is 4.79 Å². The van der Waals surface area contributed by atoms with Crippen LogP contribution < -0.4 is 15.5 Å². The summed E-state index contributed by atoms with van der Waals surface area (Å²) in [6.45, 7) is 1.72. The van der Waals surface area contributed by atoms with Crippen LogP contribution >= 0.6 is 34.5 Å². The smallest absolute Gasteiger partial charge is 0.341 e. The van der Waals surface area contributed by atoms with Gasteiger partial charge in [-0.05, 0) is 62.4 Å². The minimum absolute atomic E-state index is 0.256. The Labute approximate surface area is 232 Å². The Bertz CT molecular complexity index is 1610. The van der Waals surface area contributed by atoms with Crippen molar-refractivity contribution in [1.29, 1.82) is 0 Å². The molecule has 196 valence electrons. The molecule has 0 unspecified atom stereocenters. The lowest BCUT2D eigenvalue weighted by molar-refractivity contribution is -0.118. The highest BCUT2D eigenvalue weighted by molar-refractivity contribution is 7.17. The Morgan fingerprint density at radius 3 is 2.68 bits per heavy atom. The fraction of sp³-hybridized carbons (Fsp3) is 0.250. The highest BCUT2D eigenvalue weighted by Gasteiger charge is 2.27. The first-order valence-electron chi connectivity index (χ1n) is 12.1. The number of esters is 1. The average molecular weight is 572 g/mol. The summed E-state index contributed by atoms with van der Waals surface area (Å²) in [6, 6.07) is 9.59. The number of rotatable bonds is 7. The maximum absolute atomic E-state index is 13.1. The summed E-state index contributed by atoms with van der Waals surface area (Å²) in [5.74, 6) is -0.487. The molecule has 2 aromatic heterocycles. The summed E-state index contributed by atoms with van der Waals surface area (Å²) >= 11 is 13.6. The molecule has 0 fully saturated rings. The number of benzene rings is 2. The van der Waals surface area contributed by atoms with Gasteiger partial charge in [0.05, 0.1) is 28.1 Å². The summed E-state index contributed by atoms with van der Waals surface area (Å²) in [5.41, 5.74) is 2.29. The van der Waals surface area contributed by atoms with Crippen molar-refractivity contribution in [2.75, 3.05) is 18.5 Å². The van der Waals surface area contributed by atoms with E-state index in [0.29, 0.717) is 48.5 Å². The van der Waals surface area contributed by atoms with Gasteiger partial charge in [0.25, 0.3) is 5.91 Å². The molecule has 2 aromatic carbocycles. The highest BCUT2D eigenvalue weighted by atomic mass is 35.5. The third-order valence-corrected chi connectivity index (χ3v) is 8.00. The minimum Gasteiger partial charge on any atom is -0.484 e. The van der Waals surface area contributed by atoms with E-state index in [1.54, 1.807) is 43.3 Å². The maximum Gasteiger partial charge on any atom is 0.341 e. The van der Waals surface area contributed by atoms with Crippen molar-refractivity contribution in [3.63, 3.8) is 0 Å². The first-order valence-corrected chi connectivity index (χ1v) is 13.7. The molecule has 0 saturated heterocycles. The summed E-state index contributed by atoms with van der Waals surface area (Å²) in [5, 5.41) is 4.45. The van der Waals surface area contributed by atoms with Crippen LogP contribution in [0.1, 0.15) is 40.6 Å². The SMILES string of the molecule is CCOC(=O)c1c(NC(=O)COc2ccc3c(=O)c(-c4ccc(Cl)cc4Cl)coc3c2)sc2c1CCCC2. The molecular formula is C28H23Cl2NO6S. The zero-order chi connectivity index (χ0) is 26.8. The van der Waals surface area contributed by atoms with E-state index in [1.165, 1.54) is 17.6 Å². The van der Waals surface area contributed by atoms with Gasteiger partial charge in [0.15, 0.2) is 6.61 Å². The lowest BCUT2D eigenvalue weighted by Crippen LogP contribution is -2.21. The largest absolute Gasteiger partial charge is 0.484 e. The highest BCUT2D eigenvalue weighted by Crippen LogP contribution is 2.38. The molecule has 0 radical (unpaired) electrons. The Kier molecular flexibility index (Phi) is 7.74. The quantitative estimate of drug-likeness (QED) is 0.242. The molecule has 0 spiro atoms. The lowest BCUT2D eigenvalue weighted by Gasteiger charge is -2.12. The van der Waals surface area contributed by atoms with Gasteiger partial charge in [-0.1, -0.05) is 29.3 Å². The van der Waals surface area contributed by atoms with E-state index in [9.17, 15) is 14.4 Å². The third kappa shape index (κ3) is 5.29. The molecule has 5 rings (SSSR count). The number of anilines is 1. The van der Waals surface area contributed by atoms with Crippen molar-refractivity contribution in [2.45, 2.75) is 32.6 Å². The van der Waals surface area contributed by atoms with Crippen LogP contribution in [-0.2, 0) is 22.4 Å². The predicted octanol–water partition coefficient (Wildman–Crippen LogP) is 6.90. The van der Waals surface area contributed by atoms with Crippen molar-refractivity contribution in [3.8, 4) is 16.9 Å². The van der Waals surface area contributed by atoms with Crippen LogP contribution in [0.2, 0.25) is 10.0 Å². The molecule has 1 aliphatic rings. The van der Waals surface area contributed by atoms with Crippen LogP contribution in [0, 0.1) is 0 Å². The van der Waals surface area contributed by atoms with E-state index in [4.69, 9.17) is 37.1 Å². The molecule has 1 N–H and O–H groups in total. The van der Waals surface area contributed by atoms with Crippen LogP contribution in [-0.4, -0.2) is 25.1 Å². The molecule has 2 heterocycles. The molecule has 1 aliphatic carbocycles. The van der Waals surface area contributed by atoms with Crippen LogP contribution in [0.25, 0.3) is 22.1 Å². The number of ether oxygens (including phenoxy) is 2. The molecule has 0 aliphatic heterocycles. The van der Waals surface area contributed by atoms with E-state index in [0.717, 1.165) is 36.1 Å². The average Bonchev–Trinajstić information content (AvgIpc) is 3.26. The summed E-state index contributed by atoms with van der Waals surface area (Å²) in [7, 11) is 0. The fourth-order valence-electron chi connectivity index (χ4n) is 4.48. The Morgan fingerprint density at radius 2 is 1.89 bits per heavy atom. The molecule has 38 heavy (non-hydrogen) atoms. The van der Waals surface area contributed by atoms with E-state index in [-0.39, 0.29) is 18.6 Å². The number of hydrogen-bond acceptors (Lipinski definition) is 7. The molecule has 0 bridgehead atoms. The first-order chi connectivity index (χ1) is 18.4. The van der Waals surface area contributed by atoms with Crippen LogP contribution in [0.5, 0.6) is 5.75 Å². The molecule has 10 heteroatoms. The Balaban J connectivity index is 1.32. The van der Waals surface area contributed by atoms with E-state index in [2.05, 4.69) is 5.32 Å². The van der Waals surface area contributed by atoms with Crippen molar-refractivity contribution >= 4 is 62.4 Å². The molecule has 4 aromatic rings. The molecule has 0 saturated carbocycles. The topological polar surface area (TPSA) is 94.8 Å². The number of aryl methyl sites for hydroxylation is 1. The van der Waals surface area contributed by atoms with Gasteiger partial charge in [-0.15, -0.1) is 11.3 Å². The number of fused-ring (bicyclic) bond motifs is 2. The predicted molar refractivity (Wildman–Crippen MR) is 149 cm³/mol. The van der Waals surface area contributed by atoms with Crippen LogP contribution in [0.3, 0.4) is 0 Å². The number of carbonyl (C=O) groups is 2. The monoisotopic (exact) mass is 571 g/mol. The van der Waals surface area contributed by atoms with Gasteiger partial charge in [0.1, 0.15) is 22.6 Å². The summed E-state index contributed by atoms with van der Waals surface area (Å²) < 4.78 is 16.6. The number of carbonyl (C=O) groups excluding carboxylic acids is 2. The van der Waals surface area contributed by atoms with Gasteiger partial charge in [0, 0.05) is 21.5 Å². The van der Waals surface area contributed by atoms with Crippen LogP contribution in [0.15, 0.2) is 51.9 Å². The van der Waals surface area contributed by atoms with Gasteiger partial charge >= 0.3 is 5.97 Å². The third-order valence-electron chi connectivity index (χ3n) is 6.24. The van der Waals surface area contributed by atoms with Gasteiger partial charge in [0.2, 0.25) is 5.43 Å². The van der Waals surface area contributed by atoms with Crippen LogP contribution in [0.4, 0.5) is 5.00 Å². The summed E-state index contributed by atoms with van der Waals surface area (Å²) in [6.07, 6.45) is 5.07. The lowest BCUT2D eigenvalue weighted by atomic mass is 9.95. The van der Waals surface area contributed by atoms with E-state index < -0.39 is 11.9 Å². The number of nitrogens with one attached hydrogen (secondary N) is 1. The number of thiophene rings is 1. The molecule has 7 nitrogen and oxygen atoms in total. The zero-order valence-electron chi connectivity index (χ0n) is 20.4. The van der Waals surface area contributed by atoms with Crippen molar-refractivity contribution in [3.05, 3.63) is 78.9 Å². The second kappa shape index (κ2) is 11.2. The van der Waals surface area contributed by atoms with Crippen molar-refractivity contribution < 1.29 is 23.5 Å². The molecule has 1 amide bonds. The van der Waals surface area contributed by atoms with E-state index in [1.807, 2.05) is 0 Å². The first kappa shape index (κ1) is 26.3. The number of amides is 1. The second-order valence-corrected chi connectivity index (χ2v) is 10.7. The minimum atomic E-state index is -0.424. The molecular weight excluding hydrogens is 549 g/mol. The second-order valence-electron chi connectivity index (χ2n) is 8.73. The van der Waals surface area contributed by atoms with Gasteiger partial charge in [-0.2, -0.15) is 0 Å². The normalized spacial score (nSPS) is 12.7.